The molecule has 15 heavy (non-hydrogen) atoms. The van der Waals surface area contributed by atoms with E-state index in [4.69, 9.17) is 16.3 Å². The molecule has 0 saturated carbocycles. The van der Waals surface area contributed by atoms with Crippen molar-refractivity contribution in [1.29, 1.82) is 0 Å². The van der Waals surface area contributed by atoms with E-state index in [-0.39, 0.29) is 0 Å². The summed E-state index contributed by atoms with van der Waals surface area (Å²) in [4.78, 5) is 3.35. The zero-order chi connectivity index (χ0) is 10.8. The van der Waals surface area contributed by atoms with Crippen LogP contribution < -0.4 is 4.74 Å². The van der Waals surface area contributed by atoms with Crippen molar-refractivity contribution < 1.29 is 4.74 Å². The second-order valence-corrected chi connectivity index (χ2v) is 3.96. The smallest absolute Gasteiger partial charge is 0.119 e. The molecule has 0 saturated heterocycles. The summed E-state index contributed by atoms with van der Waals surface area (Å²) in [5.74, 6) is 1.53. The molecule has 3 heteroatoms. The minimum absolute atomic E-state index is 0.644. The molecule has 1 N–H and O–H groups in total. The van der Waals surface area contributed by atoms with Gasteiger partial charge in [-0.2, -0.15) is 0 Å². The number of methoxy groups -OCH3 is 1. The van der Waals surface area contributed by atoms with Crippen LogP contribution in [0.4, 0.5) is 0 Å². The van der Waals surface area contributed by atoms with Crippen LogP contribution in [0.2, 0.25) is 0 Å². The van der Waals surface area contributed by atoms with Crippen LogP contribution in [-0.4, -0.2) is 18.0 Å². The van der Waals surface area contributed by atoms with Crippen molar-refractivity contribution in [3.8, 4) is 5.75 Å². The maximum atomic E-state index is 5.79. The zero-order valence-corrected chi connectivity index (χ0v) is 9.69. The second kappa shape index (κ2) is 4.15. The predicted molar refractivity (Wildman–Crippen MR) is 64.0 cm³/mol. The van der Waals surface area contributed by atoms with Crippen LogP contribution in [0, 0.1) is 6.92 Å². The number of benzene rings is 1. The minimum Gasteiger partial charge on any atom is -0.497 e. The van der Waals surface area contributed by atoms with Crippen LogP contribution in [0.1, 0.15) is 11.3 Å². The van der Waals surface area contributed by atoms with Gasteiger partial charge in [0.1, 0.15) is 5.75 Å². The molecular weight excluding hydrogens is 210 g/mol. The molecule has 0 amide bonds. The Balaban J connectivity index is 2.61. The maximum Gasteiger partial charge on any atom is 0.119 e. The molecule has 0 unspecified atom stereocenters. The quantitative estimate of drug-likeness (QED) is 0.794. The van der Waals surface area contributed by atoms with Crippen molar-refractivity contribution in [3.63, 3.8) is 0 Å². The van der Waals surface area contributed by atoms with Crippen LogP contribution in [-0.2, 0) is 6.42 Å². The lowest BCUT2D eigenvalue weighted by molar-refractivity contribution is 0.415. The van der Waals surface area contributed by atoms with E-state index in [9.17, 15) is 0 Å². The van der Waals surface area contributed by atoms with Crippen LogP contribution in [0.25, 0.3) is 10.9 Å². The molecule has 1 aromatic heterocycles. The van der Waals surface area contributed by atoms with E-state index in [1.54, 1.807) is 7.11 Å². The van der Waals surface area contributed by atoms with E-state index in [0.717, 1.165) is 17.7 Å². The zero-order valence-electron chi connectivity index (χ0n) is 8.93. The van der Waals surface area contributed by atoms with Gasteiger partial charge < -0.3 is 9.72 Å². The summed E-state index contributed by atoms with van der Waals surface area (Å²) in [5, 5.41) is 1.22. The molecule has 2 nitrogen and oxygen atoms in total. The van der Waals surface area contributed by atoms with Gasteiger partial charge in [-0.15, -0.1) is 11.6 Å². The van der Waals surface area contributed by atoms with Crippen molar-refractivity contribution in [1.82, 2.24) is 4.98 Å². The predicted octanol–water partition coefficient (Wildman–Crippen LogP) is 3.27. The molecular formula is C12H14ClNO. The average molecular weight is 224 g/mol. The molecule has 0 atom stereocenters. The van der Waals surface area contributed by atoms with Crippen molar-refractivity contribution in [2.24, 2.45) is 0 Å². The van der Waals surface area contributed by atoms with Gasteiger partial charge in [-0.1, -0.05) is 0 Å². The number of H-pyrrole nitrogens is 1. The van der Waals surface area contributed by atoms with E-state index >= 15 is 0 Å². The Morgan fingerprint density at radius 2 is 2.20 bits per heavy atom. The van der Waals surface area contributed by atoms with Gasteiger partial charge in [0.2, 0.25) is 0 Å². The van der Waals surface area contributed by atoms with E-state index in [1.807, 2.05) is 12.1 Å². The number of nitrogens with one attached hydrogen (secondary N) is 1. The highest BCUT2D eigenvalue weighted by molar-refractivity contribution is 6.18. The van der Waals surface area contributed by atoms with E-state index in [1.165, 1.54) is 16.6 Å². The summed E-state index contributed by atoms with van der Waals surface area (Å²) in [5.41, 5.74) is 3.63. The molecule has 2 aromatic rings. The van der Waals surface area contributed by atoms with Gasteiger partial charge in [-0.3, -0.25) is 0 Å². The van der Waals surface area contributed by atoms with Gasteiger partial charge in [-0.25, -0.2) is 0 Å². The Labute approximate surface area is 94.2 Å². The molecule has 0 aliphatic heterocycles. The van der Waals surface area contributed by atoms with Gasteiger partial charge in [0.25, 0.3) is 0 Å². The Hall–Kier alpha value is -1.15. The highest BCUT2D eigenvalue weighted by Crippen LogP contribution is 2.26. The molecule has 80 valence electrons. The van der Waals surface area contributed by atoms with Crippen LogP contribution >= 0.6 is 11.6 Å². The average Bonchev–Trinajstić information content (AvgIpc) is 2.55. The molecule has 0 fully saturated rings. The normalized spacial score (nSPS) is 10.9. The number of aryl methyl sites for hydroxylation is 2. The van der Waals surface area contributed by atoms with Crippen LogP contribution in [0.5, 0.6) is 5.75 Å². The van der Waals surface area contributed by atoms with Gasteiger partial charge >= 0.3 is 0 Å². The number of aromatic nitrogens is 1. The number of fused-ring (bicyclic) bond motifs is 1. The summed E-state index contributed by atoms with van der Waals surface area (Å²) in [6.07, 6.45) is 0.889. The number of ether oxygens (including phenoxy) is 1. The number of rotatable bonds is 3. The largest absolute Gasteiger partial charge is 0.497 e. The fourth-order valence-corrected chi connectivity index (χ4v) is 2.09. The SMILES string of the molecule is COc1ccc2[nH]c(C)c(CCCl)c2c1. The lowest BCUT2D eigenvalue weighted by Gasteiger charge is -2.01. The summed E-state index contributed by atoms with van der Waals surface area (Å²) < 4.78 is 5.22. The topological polar surface area (TPSA) is 25.0 Å². The highest BCUT2D eigenvalue weighted by Gasteiger charge is 2.08. The van der Waals surface area contributed by atoms with Crippen LogP contribution in [0.15, 0.2) is 18.2 Å². The van der Waals surface area contributed by atoms with Crippen molar-refractivity contribution in [2.45, 2.75) is 13.3 Å². The molecule has 2 rings (SSSR count). The third-order valence-corrected chi connectivity index (χ3v) is 2.86. The first-order chi connectivity index (χ1) is 7.26. The molecule has 0 aliphatic rings. The Morgan fingerprint density at radius 3 is 2.87 bits per heavy atom. The first kappa shape index (κ1) is 10.4. The molecule has 1 aromatic carbocycles. The van der Waals surface area contributed by atoms with E-state index in [2.05, 4.69) is 18.0 Å². The van der Waals surface area contributed by atoms with E-state index in [0.29, 0.717) is 5.88 Å². The lowest BCUT2D eigenvalue weighted by Crippen LogP contribution is -1.87. The third-order valence-electron chi connectivity index (χ3n) is 2.67. The summed E-state index contributed by atoms with van der Waals surface area (Å²) in [6, 6.07) is 6.06. The van der Waals surface area contributed by atoms with Gasteiger partial charge in [0.05, 0.1) is 7.11 Å². The number of hydrogen-bond donors (Lipinski definition) is 1. The third kappa shape index (κ3) is 1.82. The Bertz CT molecular complexity index is 476. The number of aromatic amines is 1. The fraction of sp³-hybridized carbons (Fsp3) is 0.333. The number of hydrogen-bond acceptors (Lipinski definition) is 1. The summed E-state index contributed by atoms with van der Waals surface area (Å²) >= 11 is 5.79. The van der Waals surface area contributed by atoms with Crippen molar-refractivity contribution in [2.75, 3.05) is 13.0 Å². The molecule has 0 radical (unpaired) electrons. The Kier molecular flexibility index (Phi) is 2.87. The lowest BCUT2D eigenvalue weighted by atomic mass is 10.1. The monoisotopic (exact) mass is 223 g/mol. The first-order valence-corrected chi connectivity index (χ1v) is 5.51. The number of halogens is 1. The minimum atomic E-state index is 0.644. The van der Waals surface area contributed by atoms with Crippen molar-refractivity contribution >= 4 is 22.5 Å². The van der Waals surface area contributed by atoms with Gasteiger partial charge in [0, 0.05) is 22.5 Å². The fourth-order valence-electron chi connectivity index (χ4n) is 1.91. The highest BCUT2D eigenvalue weighted by atomic mass is 35.5. The second-order valence-electron chi connectivity index (χ2n) is 3.58. The summed E-state index contributed by atoms with van der Waals surface area (Å²) in [6.45, 7) is 2.08. The van der Waals surface area contributed by atoms with Gasteiger partial charge in [0.15, 0.2) is 0 Å². The molecule has 1 heterocycles. The maximum absolute atomic E-state index is 5.79. The molecule has 0 aliphatic carbocycles. The first-order valence-electron chi connectivity index (χ1n) is 4.97. The van der Waals surface area contributed by atoms with Crippen LogP contribution in [0.3, 0.4) is 0 Å². The van der Waals surface area contributed by atoms with Gasteiger partial charge in [-0.05, 0) is 37.1 Å². The van der Waals surface area contributed by atoms with E-state index < -0.39 is 0 Å². The molecule has 0 bridgehead atoms. The standard InChI is InChI=1S/C12H14ClNO/c1-8-10(5-6-13)11-7-9(15-2)3-4-12(11)14-8/h3-4,7,14H,5-6H2,1-2H3. The molecule has 0 spiro atoms. The van der Waals surface area contributed by atoms with Crippen molar-refractivity contribution in [3.05, 3.63) is 29.5 Å². The Morgan fingerprint density at radius 1 is 1.40 bits per heavy atom. The summed E-state index contributed by atoms with van der Waals surface area (Å²) in [7, 11) is 1.68. The number of alkyl halides is 1.